The molecule has 0 heterocycles. The van der Waals surface area contributed by atoms with Crippen LogP contribution in [0.3, 0.4) is 0 Å². The first-order valence-corrected chi connectivity index (χ1v) is 7.72. The number of carbonyl (C=O) groups is 2. The number of hydrogen-bond donors (Lipinski definition) is 1. The highest BCUT2D eigenvalue weighted by atomic mass is 16.5. The standard InChI is InChI=1S/C19H18N2O3/c1-2-3-11-24-19(23)15-7-9-17(10-8-15)21-18(22)16-6-4-5-14(12-16)13-20/h4-10,12H,2-3,11H2,1H3,(H,21,22). The number of ether oxygens (including phenoxy) is 1. The van der Waals surface area contributed by atoms with E-state index in [9.17, 15) is 9.59 Å². The lowest BCUT2D eigenvalue weighted by molar-refractivity contribution is 0.0499. The van der Waals surface area contributed by atoms with Gasteiger partial charge in [0.15, 0.2) is 0 Å². The largest absolute Gasteiger partial charge is 0.462 e. The van der Waals surface area contributed by atoms with Gasteiger partial charge in [0.1, 0.15) is 0 Å². The Kier molecular flexibility index (Phi) is 6.09. The fourth-order valence-corrected chi connectivity index (χ4v) is 2.02. The molecule has 0 unspecified atom stereocenters. The fourth-order valence-electron chi connectivity index (χ4n) is 2.02. The molecule has 0 aromatic heterocycles. The Morgan fingerprint density at radius 1 is 1.12 bits per heavy atom. The van der Waals surface area contributed by atoms with Crippen LogP contribution in [0.4, 0.5) is 5.69 Å². The average molecular weight is 322 g/mol. The molecule has 0 saturated carbocycles. The molecule has 0 aliphatic heterocycles. The molecule has 0 spiro atoms. The maximum atomic E-state index is 12.2. The molecule has 24 heavy (non-hydrogen) atoms. The van der Waals surface area contributed by atoms with Gasteiger partial charge in [-0.05, 0) is 48.9 Å². The van der Waals surface area contributed by atoms with E-state index >= 15 is 0 Å². The summed E-state index contributed by atoms with van der Waals surface area (Å²) in [5.41, 5.74) is 1.83. The van der Waals surface area contributed by atoms with Crippen molar-refractivity contribution >= 4 is 17.6 Å². The predicted molar refractivity (Wildman–Crippen MR) is 90.7 cm³/mol. The predicted octanol–water partition coefficient (Wildman–Crippen LogP) is 3.77. The van der Waals surface area contributed by atoms with Gasteiger partial charge in [0.05, 0.1) is 23.8 Å². The van der Waals surface area contributed by atoms with Crippen molar-refractivity contribution in [1.29, 1.82) is 5.26 Å². The van der Waals surface area contributed by atoms with Crippen LogP contribution in [-0.4, -0.2) is 18.5 Å². The summed E-state index contributed by atoms with van der Waals surface area (Å²) in [6.07, 6.45) is 1.80. The summed E-state index contributed by atoms with van der Waals surface area (Å²) >= 11 is 0. The Hall–Kier alpha value is -3.13. The molecular weight excluding hydrogens is 304 g/mol. The molecule has 0 radical (unpaired) electrons. The summed E-state index contributed by atoms with van der Waals surface area (Å²) < 4.78 is 5.13. The van der Waals surface area contributed by atoms with Gasteiger partial charge in [-0.1, -0.05) is 19.4 Å². The quantitative estimate of drug-likeness (QED) is 0.648. The minimum Gasteiger partial charge on any atom is -0.462 e. The third-order valence-electron chi connectivity index (χ3n) is 3.36. The van der Waals surface area contributed by atoms with E-state index in [2.05, 4.69) is 5.32 Å². The molecule has 5 nitrogen and oxygen atoms in total. The van der Waals surface area contributed by atoms with E-state index in [4.69, 9.17) is 10.00 Å². The van der Waals surface area contributed by atoms with Crippen molar-refractivity contribution in [3.8, 4) is 6.07 Å². The number of nitrogens with zero attached hydrogens (tertiary/aromatic N) is 1. The lowest BCUT2D eigenvalue weighted by Crippen LogP contribution is -2.12. The number of anilines is 1. The Bertz CT molecular complexity index is 761. The normalized spacial score (nSPS) is 9.83. The van der Waals surface area contributed by atoms with Crippen molar-refractivity contribution in [3.05, 3.63) is 65.2 Å². The summed E-state index contributed by atoms with van der Waals surface area (Å²) in [7, 11) is 0. The first-order chi connectivity index (χ1) is 11.6. The van der Waals surface area contributed by atoms with Crippen LogP contribution in [0, 0.1) is 11.3 Å². The molecule has 2 aromatic carbocycles. The van der Waals surface area contributed by atoms with E-state index in [1.807, 2.05) is 13.0 Å². The monoisotopic (exact) mass is 322 g/mol. The molecular formula is C19H18N2O3. The Morgan fingerprint density at radius 2 is 1.88 bits per heavy atom. The number of amides is 1. The zero-order valence-electron chi connectivity index (χ0n) is 13.4. The topological polar surface area (TPSA) is 79.2 Å². The van der Waals surface area contributed by atoms with Gasteiger partial charge in [-0.25, -0.2) is 4.79 Å². The number of rotatable bonds is 6. The smallest absolute Gasteiger partial charge is 0.338 e. The number of esters is 1. The molecule has 1 N–H and O–H groups in total. The maximum Gasteiger partial charge on any atom is 0.338 e. The van der Waals surface area contributed by atoms with E-state index in [1.165, 1.54) is 6.07 Å². The molecule has 0 atom stereocenters. The average Bonchev–Trinajstić information content (AvgIpc) is 2.62. The number of carbonyl (C=O) groups excluding carboxylic acids is 2. The molecule has 5 heteroatoms. The second kappa shape index (κ2) is 8.49. The summed E-state index contributed by atoms with van der Waals surface area (Å²) in [6.45, 7) is 2.43. The fraction of sp³-hybridized carbons (Fsp3) is 0.211. The van der Waals surface area contributed by atoms with Crippen LogP contribution in [0.2, 0.25) is 0 Å². The van der Waals surface area contributed by atoms with Gasteiger partial charge in [0, 0.05) is 11.3 Å². The van der Waals surface area contributed by atoms with Crippen LogP contribution in [0.1, 0.15) is 46.0 Å². The second-order valence-corrected chi connectivity index (χ2v) is 5.21. The summed E-state index contributed by atoms with van der Waals surface area (Å²) in [5.74, 6) is -0.687. The van der Waals surface area contributed by atoms with Gasteiger partial charge in [-0.15, -0.1) is 0 Å². The zero-order valence-corrected chi connectivity index (χ0v) is 13.4. The molecule has 0 aliphatic carbocycles. The van der Waals surface area contributed by atoms with Crippen LogP contribution in [-0.2, 0) is 4.74 Å². The van der Waals surface area contributed by atoms with Crippen LogP contribution in [0.5, 0.6) is 0 Å². The zero-order chi connectivity index (χ0) is 17.4. The Balaban J connectivity index is 1.99. The molecule has 1 amide bonds. The lowest BCUT2D eigenvalue weighted by atomic mass is 10.1. The van der Waals surface area contributed by atoms with E-state index in [1.54, 1.807) is 42.5 Å². The van der Waals surface area contributed by atoms with Crippen molar-refractivity contribution in [1.82, 2.24) is 0 Å². The molecule has 2 aromatic rings. The number of nitriles is 1. The van der Waals surface area contributed by atoms with Gasteiger partial charge >= 0.3 is 5.97 Å². The van der Waals surface area contributed by atoms with Gasteiger partial charge in [-0.3, -0.25) is 4.79 Å². The first-order valence-electron chi connectivity index (χ1n) is 7.72. The van der Waals surface area contributed by atoms with Gasteiger partial charge in [-0.2, -0.15) is 5.26 Å². The number of hydrogen-bond acceptors (Lipinski definition) is 4. The molecule has 0 bridgehead atoms. The third-order valence-corrected chi connectivity index (χ3v) is 3.36. The Labute approximate surface area is 140 Å². The van der Waals surface area contributed by atoms with E-state index < -0.39 is 0 Å². The van der Waals surface area contributed by atoms with E-state index in [0.29, 0.717) is 29.0 Å². The number of unbranched alkanes of at least 4 members (excludes halogenated alkanes) is 1. The van der Waals surface area contributed by atoms with E-state index in [-0.39, 0.29) is 11.9 Å². The molecule has 0 fully saturated rings. The number of benzene rings is 2. The van der Waals surface area contributed by atoms with Gasteiger partial charge in [0.2, 0.25) is 0 Å². The van der Waals surface area contributed by atoms with Gasteiger partial charge in [0.25, 0.3) is 5.91 Å². The highest BCUT2D eigenvalue weighted by molar-refractivity contribution is 6.04. The number of nitrogens with one attached hydrogen (secondary N) is 1. The molecule has 122 valence electrons. The lowest BCUT2D eigenvalue weighted by Gasteiger charge is -2.07. The van der Waals surface area contributed by atoms with Crippen LogP contribution in [0.15, 0.2) is 48.5 Å². The maximum absolute atomic E-state index is 12.2. The Morgan fingerprint density at radius 3 is 2.54 bits per heavy atom. The summed E-state index contributed by atoms with van der Waals surface area (Å²) in [5, 5.41) is 11.6. The SMILES string of the molecule is CCCCOC(=O)c1ccc(NC(=O)c2cccc(C#N)c2)cc1. The first kappa shape index (κ1) is 17.2. The summed E-state index contributed by atoms with van der Waals surface area (Å²) in [4.78, 5) is 24.0. The highest BCUT2D eigenvalue weighted by Gasteiger charge is 2.09. The van der Waals surface area contributed by atoms with Gasteiger partial charge < -0.3 is 10.1 Å². The van der Waals surface area contributed by atoms with Crippen LogP contribution >= 0.6 is 0 Å². The van der Waals surface area contributed by atoms with Crippen molar-refractivity contribution < 1.29 is 14.3 Å². The molecule has 0 aliphatic rings. The highest BCUT2D eigenvalue weighted by Crippen LogP contribution is 2.13. The van der Waals surface area contributed by atoms with Crippen molar-refractivity contribution in [2.24, 2.45) is 0 Å². The molecule has 0 saturated heterocycles. The third kappa shape index (κ3) is 4.68. The van der Waals surface area contributed by atoms with Crippen molar-refractivity contribution in [3.63, 3.8) is 0 Å². The van der Waals surface area contributed by atoms with Crippen molar-refractivity contribution in [2.75, 3.05) is 11.9 Å². The minimum atomic E-state index is -0.372. The van der Waals surface area contributed by atoms with E-state index in [0.717, 1.165) is 12.8 Å². The van der Waals surface area contributed by atoms with Crippen LogP contribution in [0.25, 0.3) is 0 Å². The second-order valence-electron chi connectivity index (χ2n) is 5.21. The summed E-state index contributed by atoms with van der Waals surface area (Å²) in [6, 6.07) is 14.9. The van der Waals surface area contributed by atoms with Crippen LogP contribution < -0.4 is 5.32 Å². The van der Waals surface area contributed by atoms with Crippen molar-refractivity contribution in [2.45, 2.75) is 19.8 Å². The minimum absolute atomic E-state index is 0.314. The molecule has 2 rings (SSSR count).